The molecule has 2 heterocycles. The lowest BCUT2D eigenvalue weighted by atomic mass is 10.1. The molecular weight excluding hydrogens is 186 g/mol. The first-order chi connectivity index (χ1) is 7.31. The van der Waals surface area contributed by atoms with Crippen LogP contribution >= 0.6 is 0 Å². The summed E-state index contributed by atoms with van der Waals surface area (Å²) in [6.45, 7) is 2.00. The highest BCUT2D eigenvalue weighted by atomic mass is 14.9. The summed E-state index contributed by atoms with van der Waals surface area (Å²) in [5, 5.41) is 2.99. The molecule has 76 valence electrons. The van der Waals surface area contributed by atoms with Crippen molar-refractivity contribution in [1.29, 1.82) is 0 Å². The summed E-state index contributed by atoms with van der Waals surface area (Å²) in [5.74, 6) is 0.875. The third-order valence-corrected chi connectivity index (χ3v) is 2.34. The van der Waals surface area contributed by atoms with Gasteiger partial charge >= 0.3 is 0 Å². The van der Waals surface area contributed by atoms with Gasteiger partial charge in [0.2, 0.25) is 0 Å². The number of hydrogen-bond donors (Lipinski definition) is 1. The van der Waals surface area contributed by atoms with Crippen molar-refractivity contribution < 1.29 is 0 Å². The van der Waals surface area contributed by atoms with Crippen LogP contribution in [0.2, 0.25) is 0 Å². The lowest BCUT2D eigenvalue weighted by molar-refractivity contribution is 1.20. The highest BCUT2D eigenvalue weighted by Gasteiger charge is 2.01. The lowest BCUT2D eigenvalue weighted by Crippen LogP contribution is -1.92. The van der Waals surface area contributed by atoms with Gasteiger partial charge < -0.3 is 5.32 Å². The number of nitrogens with one attached hydrogen (secondary N) is 1. The summed E-state index contributed by atoms with van der Waals surface area (Å²) >= 11 is 0. The van der Waals surface area contributed by atoms with Gasteiger partial charge in [0.1, 0.15) is 5.82 Å². The van der Waals surface area contributed by atoms with Gasteiger partial charge in [-0.2, -0.15) is 0 Å². The van der Waals surface area contributed by atoms with Crippen LogP contribution < -0.4 is 5.32 Å². The fraction of sp³-hybridized carbons (Fsp3) is 0.167. The number of aryl methyl sites for hydroxylation is 1. The van der Waals surface area contributed by atoms with Gasteiger partial charge in [-0.15, -0.1) is 0 Å². The normalized spacial score (nSPS) is 10.0. The minimum atomic E-state index is 0.875. The molecule has 0 atom stereocenters. The fourth-order valence-corrected chi connectivity index (χ4v) is 1.49. The van der Waals surface area contributed by atoms with Crippen molar-refractivity contribution in [3.8, 4) is 11.1 Å². The summed E-state index contributed by atoms with van der Waals surface area (Å²) in [5.41, 5.74) is 3.25. The Morgan fingerprint density at radius 3 is 2.60 bits per heavy atom. The molecule has 0 aliphatic carbocycles. The lowest BCUT2D eigenvalue weighted by Gasteiger charge is -2.05. The van der Waals surface area contributed by atoms with E-state index in [-0.39, 0.29) is 0 Å². The second-order valence-corrected chi connectivity index (χ2v) is 3.32. The first-order valence-corrected chi connectivity index (χ1v) is 4.87. The van der Waals surface area contributed by atoms with E-state index in [1.54, 1.807) is 6.20 Å². The van der Waals surface area contributed by atoms with Crippen molar-refractivity contribution >= 4 is 5.82 Å². The molecule has 2 rings (SSSR count). The molecule has 0 saturated carbocycles. The Balaban J connectivity index is 2.42. The molecule has 15 heavy (non-hydrogen) atoms. The third-order valence-electron chi connectivity index (χ3n) is 2.34. The monoisotopic (exact) mass is 199 g/mol. The van der Waals surface area contributed by atoms with Gasteiger partial charge in [0.25, 0.3) is 0 Å². The van der Waals surface area contributed by atoms with E-state index in [0.717, 1.165) is 22.6 Å². The first kappa shape index (κ1) is 9.65. The van der Waals surface area contributed by atoms with Gasteiger partial charge in [-0.1, -0.05) is 6.07 Å². The van der Waals surface area contributed by atoms with Crippen LogP contribution in [-0.2, 0) is 0 Å². The maximum absolute atomic E-state index is 4.28. The highest BCUT2D eigenvalue weighted by Crippen LogP contribution is 2.21. The Bertz CT molecular complexity index is 449. The smallest absolute Gasteiger partial charge is 0.125 e. The third kappa shape index (κ3) is 1.96. The van der Waals surface area contributed by atoms with Crippen molar-refractivity contribution in [2.45, 2.75) is 6.92 Å². The molecule has 3 heteroatoms. The molecule has 1 N–H and O–H groups in total. The zero-order valence-electron chi connectivity index (χ0n) is 8.86. The molecule has 0 unspecified atom stereocenters. The molecule has 0 saturated heterocycles. The molecule has 0 fully saturated rings. The Morgan fingerprint density at radius 2 is 2.00 bits per heavy atom. The second kappa shape index (κ2) is 4.09. The second-order valence-electron chi connectivity index (χ2n) is 3.32. The predicted octanol–water partition coefficient (Wildman–Crippen LogP) is 2.49. The van der Waals surface area contributed by atoms with Crippen LogP contribution in [0.1, 0.15) is 5.69 Å². The van der Waals surface area contributed by atoms with E-state index in [9.17, 15) is 0 Å². The van der Waals surface area contributed by atoms with E-state index in [4.69, 9.17) is 0 Å². The summed E-state index contributed by atoms with van der Waals surface area (Å²) in [4.78, 5) is 8.53. The molecule has 0 aliphatic rings. The Kier molecular flexibility index (Phi) is 2.63. The van der Waals surface area contributed by atoms with Gasteiger partial charge in [0.05, 0.1) is 0 Å². The maximum Gasteiger partial charge on any atom is 0.125 e. The Hall–Kier alpha value is -1.90. The standard InChI is InChI=1S/C12H13N3/c1-9-11(4-3-7-14-9)10-5-6-12(13-2)15-8-10/h3-8H,1-2H3,(H,13,15). The van der Waals surface area contributed by atoms with Crippen molar-refractivity contribution in [1.82, 2.24) is 9.97 Å². The minimum Gasteiger partial charge on any atom is -0.373 e. The van der Waals surface area contributed by atoms with Crippen LogP contribution in [0.25, 0.3) is 11.1 Å². The van der Waals surface area contributed by atoms with Crippen molar-refractivity contribution in [3.05, 3.63) is 42.4 Å². The molecule has 0 aromatic carbocycles. The number of nitrogens with zero attached hydrogens (tertiary/aromatic N) is 2. The maximum atomic E-state index is 4.28. The molecule has 0 aliphatic heterocycles. The van der Waals surface area contributed by atoms with E-state index in [0.29, 0.717) is 0 Å². The minimum absolute atomic E-state index is 0.875. The first-order valence-electron chi connectivity index (χ1n) is 4.87. The van der Waals surface area contributed by atoms with Crippen molar-refractivity contribution in [3.63, 3.8) is 0 Å². The zero-order chi connectivity index (χ0) is 10.7. The predicted molar refractivity (Wildman–Crippen MR) is 61.8 cm³/mol. The zero-order valence-corrected chi connectivity index (χ0v) is 8.86. The van der Waals surface area contributed by atoms with E-state index in [1.165, 1.54) is 0 Å². The molecule has 2 aromatic rings. The van der Waals surface area contributed by atoms with Crippen LogP contribution in [0.15, 0.2) is 36.7 Å². The highest BCUT2D eigenvalue weighted by molar-refractivity contribution is 5.65. The molecular formula is C12H13N3. The number of aromatic nitrogens is 2. The van der Waals surface area contributed by atoms with Gasteiger partial charge in [-0.25, -0.2) is 4.98 Å². The number of anilines is 1. The van der Waals surface area contributed by atoms with Crippen molar-refractivity contribution in [2.75, 3.05) is 12.4 Å². The van der Waals surface area contributed by atoms with E-state index < -0.39 is 0 Å². The van der Waals surface area contributed by atoms with Crippen LogP contribution in [-0.4, -0.2) is 17.0 Å². The summed E-state index contributed by atoms with van der Waals surface area (Å²) in [6.07, 6.45) is 3.66. The van der Waals surface area contributed by atoms with Crippen LogP contribution in [0.5, 0.6) is 0 Å². The average Bonchev–Trinajstić information content (AvgIpc) is 2.30. The SMILES string of the molecule is CNc1ccc(-c2cccnc2C)cn1. The fourth-order valence-electron chi connectivity index (χ4n) is 1.49. The molecule has 3 nitrogen and oxygen atoms in total. The number of hydrogen-bond acceptors (Lipinski definition) is 3. The molecule has 0 bridgehead atoms. The Labute approximate surface area is 89.2 Å². The van der Waals surface area contributed by atoms with Gasteiger partial charge in [-0.05, 0) is 25.1 Å². The van der Waals surface area contributed by atoms with Crippen molar-refractivity contribution in [2.24, 2.45) is 0 Å². The number of pyridine rings is 2. The molecule has 0 amide bonds. The Morgan fingerprint density at radius 1 is 1.13 bits per heavy atom. The van der Waals surface area contributed by atoms with E-state index >= 15 is 0 Å². The quantitative estimate of drug-likeness (QED) is 0.807. The summed E-state index contributed by atoms with van der Waals surface area (Å²) < 4.78 is 0. The van der Waals surface area contributed by atoms with Crippen LogP contribution in [0.4, 0.5) is 5.82 Å². The van der Waals surface area contributed by atoms with Gasteiger partial charge in [-0.3, -0.25) is 4.98 Å². The largest absolute Gasteiger partial charge is 0.373 e. The van der Waals surface area contributed by atoms with Gasteiger partial charge in [0, 0.05) is 36.3 Å². The summed E-state index contributed by atoms with van der Waals surface area (Å²) in [6, 6.07) is 8.00. The average molecular weight is 199 g/mol. The summed E-state index contributed by atoms with van der Waals surface area (Å²) in [7, 11) is 1.86. The molecule has 0 spiro atoms. The van der Waals surface area contributed by atoms with E-state index in [1.807, 2.05) is 38.4 Å². The molecule has 2 aromatic heterocycles. The topological polar surface area (TPSA) is 37.8 Å². The number of rotatable bonds is 2. The van der Waals surface area contributed by atoms with Gasteiger partial charge in [0.15, 0.2) is 0 Å². The van der Waals surface area contributed by atoms with Crippen LogP contribution in [0.3, 0.4) is 0 Å². The van der Waals surface area contributed by atoms with Crippen LogP contribution in [0, 0.1) is 6.92 Å². The van der Waals surface area contributed by atoms with E-state index in [2.05, 4.69) is 21.4 Å². The molecule has 0 radical (unpaired) electrons.